The molecule has 2 aromatic rings. The minimum absolute atomic E-state index is 0.474. The SMILES string of the molecule is Clc1cc(NCC2CCOc3ccccc32)ccc1Br. The second-order valence-corrected chi connectivity index (χ2v) is 6.14. The first-order valence-electron chi connectivity index (χ1n) is 6.64. The third-order valence-electron chi connectivity index (χ3n) is 3.55. The third kappa shape index (κ3) is 2.94. The standard InChI is InChI=1S/C16H15BrClNO/c17-14-6-5-12(9-15(14)18)19-10-11-7-8-20-16-4-2-1-3-13(11)16/h1-6,9,11,19H,7-8,10H2. The van der Waals surface area contributed by atoms with Crippen molar-refractivity contribution in [1.82, 2.24) is 0 Å². The molecule has 20 heavy (non-hydrogen) atoms. The van der Waals surface area contributed by atoms with Gasteiger partial charge in [0.15, 0.2) is 0 Å². The van der Waals surface area contributed by atoms with E-state index in [0.29, 0.717) is 5.92 Å². The maximum atomic E-state index is 6.11. The number of para-hydroxylation sites is 1. The Labute approximate surface area is 132 Å². The van der Waals surface area contributed by atoms with Crippen LogP contribution in [-0.2, 0) is 0 Å². The summed E-state index contributed by atoms with van der Waals surface area (Å²) in [6.07, 6.45) is 1.04. The Bertz CT molecular complexity index is 617. The van der Waals surface area contributed by atoms with Crippen molar-refractivity contribution in [2.45, 2.75) is 12.3 Å². The Morgan fingerprint density at radius 3 is 2.95 bits per heavy atom. The third-order valence-corrected chi connectivity index (χ3v) is 4.79. The van der Waals surface area contributed by atoms with Crippen molar-refractivity contribution in [3.63, 3.8) is 0 Å². The highest BCUT2D eigenvalue weighted by Gasteiger charge is 2.20. The van der Waals surface area contributed by atoms with E-state index in [9.17, 15) is 0 Å². The average Bonchev–Trinajstić information content (AvgIpc) is 2.48. The van der Waals surface area contributed by atoms with Crippen LogP contribution in [0.2, 0.25) is 5.02 Å². The topological polar surface area (TPSA) is 21.3 Å². The molecule has 0 spiro atoms. The molecule has 0 fully saturated rings. The molecule has 0 saturated heterocycles. The molecule has 1 unspecified atom stereocenters. The molecule has 1 atom stereocenters. The van der Waals surface area contributed by atoms with Crippen molar-refractivity contribution in [1.29, 1.82) is 0 Å². The summed E-state index contributed by atoms with van der Waals surface area (Å²) in [5.41, 5.74) is 2.33. The van der Waals surface area contributed by atoms with Crippen LogP contribution in [-0.4, -0.2) is 13.2 Å². The Balaban J connectivity index is 1.71. The maximum Gasteiger partial charge on any atom is 0.122 e. The fourth-order valence-electron chi connectivity index (χ4n) is 2.48. The van der Waals surface area contributed by atoms with Gasteiger partial charge in [0.1, 0.15) is 5.75 Å². The van der Waals surface area contributed by atoms with E-state index in [4.69, 9.17) is 16.3 Å². The molecule has 1 N–H and O–H groups in total. The number of nitrogens with one attached hydrogen (secondary N) is 1. The van der Waals surface area contributed by atoms with Gasteiger partial charge in [0.05, 0.1) is 11.6 Å². The van der Waals surface area contributed by atoms with Gasteiger partial charge in [-0.25, -0.2) is 0 Å². The molecule has 1 heterocycles. The van der Waals surface area contributed by atoms with Crippen molar-refractivity contribution < 1.29 is 4.74 Å². The number of ether oxygens (including phenoxy) is 1. The van der Waals surface area contributed by atoms with E-state index >= 15 is 0 Å². The lowest BCUT2D eigenvalue weighted by atomic mass is 9.93. The summed E-state index contributed by atoms with van der Waals surface area (Å²) in [6.45, 7) is 1.67. The van der Waals surface area contributed by atoms with Gasteiger partial charge in [-0.05, 0) is 52.2 Å². The van der Waals surface area contributed by atoms with Gasteiger partial charge in [0.2, 0.25) is 0 Å². The fourth-order valence-corrected chi connectivity index (χ4v) is 2.90. The van der Waals surface area contributed by atoms with Crippen molar-refractivity contribution in [3.05, 3.63) is 57.5 Å². The van der Waals surface area contributed by atoms with E-state index < -0.39 is 0 Å². The Hall–Kier alpha value is -1.19. The summed E-state index contributed by atoms with van der Waals surface area (Å²) in [7, 11) is 0. The Morgan fingerprint density at radius 1 is 1.25 bits per heavy atom. The maximum absolute atomic E-state index is 6.11. The summed E-state index contributed by atoms with van der Waals surface area (Å²) < 4.78 is 6.60. The van der Waals surface area contributed by atoms with Crippen LogP contribution in [0.4, 0.5) is 5.69 Å². The molecule has 3 rings (SSSR count). The highest BCUT2D eigenvalue weighted by molar-refractivity contribution is 9.10. The zero-order chi connectivity index (χ0) is 13.9. The summed E-state index contributed by atoms with van der Waals surface area (Å²) in [5.74, 6) is 1.49. The first kappa shape index (κ1) is 13.8. The number of fused-ring (bicyclic) bond motifs is 1. The predicted molar refractivity (Wildman–Crippen MR) is 86.9 cm³/mol. The van der Waals surface area contributed by atoms with Crippen LogP contribution in [0.1, 0.15) is 17.9 Å². The lowest BCUT2D eigenvalue weighted by Crippen LogP contribution is -2.20. The van der Waals surface area contributed by atoms with E-state index in [-0.39, 0.29) is 0 Å². The van der Waals surface area contributed by atoms with Gasteiger partial charge in [-0.1, -0.05) is 29.8 Å². The zero-order valence-electron chi connectivity index (χ0n) is 10.9. The van der Waals surface area contributed by atoms with Crippen molar-refractivity contribution >= 4 is 33.2 Å². The molecule has 0 saturated carbocycles. The van der Waals surface area contributed by atoms with Gasteiger partial charge >= 0.3 is 0 Å². The first-order valence-corrected chi connectivity index (χ1v) is 7.82. The normalized spacial score (nSPS) is 17.2. The van der Waals surface area contributed by atoms with Crippen LogP contribution in [0, 0.1) is 0 Å². The van der Waals surface area contributed by atoms with Crippen LogP contribution in [0.25, 0.3) is 0 Å². The van der Waals surface area contributed by atoms with Crippen LogP contribution < -0.4 is 10.1 Å². The molecule has 2 aromatic carbocycles. The van der Waals surface area contributed by atoms with E-state index in [0.717, 1.165) is 40.5 Å². The van der Waals surface area contributed by atoms with Crippen molar-refractivity contribution in [3.8, 4) is 5.75 Å². The molecule has 0 aromatic heterocycles. The van der Waals surface area contributed by atoms with E-state index in [1.807, 2.05) is 30.3 Å². The van der Waals surface area contributed by atoms with Gasteiger partial charge in [0, 0.05) is 22.6 Å². The molecule has 0 amide bonds. The number of hydrogen-bond acceptors (Lipinski definition) is 2. The molecule has 4 heteroatoms. The largest absolute Gasteiger partial charge is 0.493 e. The Kier molecular flexibility index (Phi) is 4.18. The lowest BCUT2D eigenvalue weighted by Gasteiger charge is -2.26. The highest BCUT2D eigenvalue weighted by Crippen LogP contribution is 2.33. The average molecular weight is 353 g/mol. The monoisotopic (exact) mass is 351 g/mol. The molecule has 0 radical (unpaired) electrons. The molecule has 0 bridgehead atoms. The summed E-state index contributed by atoms with van der Waals surface area (Å²) in [6, 6.07) is 14.2. The molecule has 104 valence electrons. The van der Waals surface area contributed by atoms with Crippen LogP contribution in [0.5, 0.6) is 5.75 Å². The molecule has 1 aliphatic heterocycles. The van der Waals surface area contributed by atoms with Crippen molar-refractivity contribution in [2.24, 2.45) is 0 Å². The van der Waals surface area contributed by atoms with E-state index in [2.05, 4.69) is 33.4 Å². The van der Waals surface area contributed by atoms with Gasteiger partial charge in [0.25, 0.3) is 0 Å². The zero-order valence-corrected chi connectivity index (χ0v) is 13.2. The van der Waals surface area contributed by atoms with Gasteiger partial charge in [-0.3, -0.25) is 0 Å². The molecule has 2 nitrogen and oxygen atoms in total. The van der Waals surface area contributed by atoms with Crippen LogP contribution >= 0.6 is 27.5 Å². The quantitative estimate of drug-likeness (QED) is 0.831. The minimum atomic E-state index is 0.474. The number of anilines is 1. The van der Waals surface area contributed by atoms with Gasteiger partial charge in [-0.2, -0.15) is 0 Å². The van der Waals surface area contributed by atoms with Crippen LogP contribution in [0.3, 0.4) is 0 Å². The summed E-state index contributed by atoms with van der Waals surface area (Å²) in [5, 5.41) is 4.19. The number of rotatable bonds is 3. The smallest absolute Gasteiger partial charge is 0.122 e. The number of halogens is 2. The molecular weight excluding hydrogens is 338 g/mol. The molecule has 0 aliphatic carbocycles. The second kappa shape index (κ2) is 6.06. The summed E-state index contributed by atoms with van der Waals surface area (Å²) in [4.78, 5) is 0. The molecule has 1 aliphatic rings. The number of benzene rings is 2. The van der Waals surface area contributed by atoms with Crippen molar-refractivity contribution in [2.75, 3.05) is 18.5 Å². The predicted octanol–water partition coefficient (Wildman–Crippen LogP) is 5.08. The first-order chi connectivity index (χ1) is 9.74. The second-order valence-electron chi connectivity index (χ2n) is 4.88. The Morgan fingerprint density at radius 2 is 2.10 bits per heavy atom. The minimum Gasteiger partial charge on any atom is -0.493 e. The fraction of sp³-hybridized carbons (Fsp3) is 0.250. The molecular formula is C16H15BrClNO. The van der Waals surface area contributed by atoms with Gasteiger partial charge < -0.3 is 10.1 Å². The van der Waals surface area contributed by atoms with Gasteiger partial charge in [-0.15, -0.1) is 0 Å². The number of hydrogen-bond donors (Lipinski definition) is 1. The highest BCUT2D eigenvalue weighted by atomic mass is 79.9. The van der Waals surface area contributed by atoms with E-state index in [1.54, 1.807) is 0 Å². The lowest BCUT2D eigenvalue weighted by molar-refractivity contribution is 0.270. The van der Waals surface area contributed by atoms with E-state index in [1.165, 1.54) is 5.56 Å². The summed E-state index contributed by atoms with van der Waals surface area (Å²) >= 11 is 9.51. The van der Waals surface area contributed by atoms with Crippen LogP contribution in [0.15, 0.2) is 46.9 Å².